The molecule has 96 valence electrons. The first kappa shape index (κ1) is 14.2. The van der Waals surface area contributed by atoms with Crippen LogP contribution in [-0.2, 0) is 10.3 Å². The van der Waals surface area contributed by atoms with Crippen LogP contribution in [0.15, 0.2) is 24.3 Å². The molecule has 0 aromatic heterocycles. The van der Waals surface area contributed by atoms with E-state index in [-0.39, 0.29) is 12.3 Å². The lowest BCUT2D eigenvalue weighted by atomic mass is 9.91. The standard InChI is InChI=1S/C15H20N2O/c1-11(2)12-5-7-13(8-6-12)15(3,4)17-14(18)9-10-16/h5-8,11H,9H2,1-4H3,(H,17,18). The molecular weight excluding hydrogens is 224 g/mol. The molecule has 1 amide bonds. The molecule has 1 N–H and O–H groups in total. The minimum absolute atomic E-state index is 0.104. The number of hydrogen-bond acceptors (Lipinski definition) is 2. The van der Waals surface area contributed by atoms with Crippen molar-refractivity contribution in [2.45, 2.75) is 45.6 Å². The number of rotatable bonds is 4. The van der Waals surface area contributed by atoms with E-state index in [0.717, 1.165) is 5.56 Å². The number of carbonyl (C=O) groups is 1. The normalized spacial score (nSPS) is 11.1. The van der Waals surface area contributed by atoms with Crippen LogP contribution in [0.4, 0.5) is 0 Å². The Bertz CT molecular complexity index is 452. The van der Waals surface area contributed by atoms with Gasteiger partial charge in [-0.1, -0.05) is 38.1 Å². The average Bonchev–Trinajstić information content (AvgIpc) is 2.28. The molecule has 18 heavy (non-hydrogen) atoms. The first-order valence-electron chi connectivity index (χ1n) is 6.15. The number of benzene rings is 1. The topological polar surface area (TPSA) is 52.9 Å². The summed E-state index contributed by atoms with van der Waals surface area (Å²) in [4.78, 5) is 11.5. The van der Waals surface area contributed by atoms with Gasteiger partial charge in [0.15, 0.2) is 0 Å². The highest BCUT2D eigenvalue weighted by molar-refractivity contribution is 5.78. The van der Waals surface area contributed by atoms with Crippen LogP contribution in [0.5, 0.6) is 0 Å². The van der Waals surface area contributed by atoms with E-state index in [2.05, 4.69) is 31.3 Å². The number of amides is 1. The van der Waals surface area contributed by atoms with E-state index in [1.54, 1.807) is 0 Å². The fourth-order valence-corrected chi connectivity index (χ4v) is 1.82. The largest absolute Gasteiger partial charge is 0.346 e. The van der Waals surface area contributed by atoms with E-state index in [1.807, 2.05) is 32.0 Å². The van der Waals surface area contributed by atoms with Crippen LogP contribution in [0.25, 0.3) is 0 Å². The molecule has 0 atom stereocenters. The van der Waals surface area contributed by atoms with E-state index in [4.69, 9.17) is 5.26 Å². The molecule has 0 saturated carbocycles. The van der Waals surface area contributed by atoms with Crippen LogP contribution in [0.1, 0.15) is 51.2 Å². The maximum Gasteiger partial charge on any atom is 0.234 e. The fraction of sp³-hybridized carbons (Fsp3) is 0.467. The smallest absolute Gasteiger partial charge is 0.234 e. The Morgan fingerprint density at radius 2 is 1.89 bits per heavy atom. The van der Waals surface area contributed by atoms with Crippen LogP contribution in [0, 0.1) is 11.3 Å². The zero-order valence-corrected chi connectivity index (χ0v) is 11.4. The Kier molecular flexibility index (Phi) is 4.49. The van der Waals surface area contributed by atoms with Crippen molar-refractivity contribution in [2.75, 3.05) is 0 Å². The van der Waals surface area contributed by atoms with Crippen molar-refractivity contribution < 1.29 is 4.79 Å². The first-order valence-corrected chi connectivity index (χ1v) is 6.15. The summed E-state index contributed by atoms with van der Waals surface area (Å²) in [6.45, 7) is 8.17. The molecular formula is C15H20N2O. The van der Waals surface area contributed by atoms with Crippen LogP contribution in [0.2, 0.25) is 0 Å². The molecule has 1 aromatic rings. The molecule has 0 aliphatic heterocycles. The zero-order valence-electron chi connectivity index (χ0n) is 11.4. The zero-order chi connectivity index (χ0) is 13.8. The van der Waals surface area contributed by atoms with E-state index >= 15 is 0 Å². The Balaban J connectivity index is 2.85. The maximum atomic E-state index is 11.5. The Hall–Kier alpha value is -1.82. The van der Waals surface area contributed by atoms with Gasteiger partial charge >= 0.3 is 0 Å². The number of carbonyl (C=O) groups excluding carboxylic acids is 1. The quantitative estimate of drug-likeness (QED) is 0.885. The Labute approximate surface area is 109 Å². The molecule has 0 aliphatic carbocycles. The summed E-state index contributed by atoms with van der Waals surface area (Å²) in [6, 6.07) is 10.1. The molecule has 3 heteroatoms. The van der Waals surface area contributed by atoms with Gasteiger partial charge in [0.2, 0.25) is 5.91 Å². The highest BCUT2D eigenvalue weighted by Crippen LogP contribution is 2.23. The predicted octanol–water partition coefficient (Wildman–Crippen LogP) is 3.07. The minimum atomic E-state index is -0.455. The second-order valence-corrected chi connectivity index (χ2v) is 5.28. The van der Waals surface area contributed by atoms with Gasteiger partial charge in [0.25, 0.3) is 0 Å². The SMILES string of the molecule is CC(C)c1ccc(C(C)(C)NC(=O)CC#N)cc1. The number of nitrogens with zero attached hydrogens (tertiary/aromatic N) is 1. The average molecular weight is 244 g/mol. The van der Waals surface area contributed by atoms with Crippen molar-refractivity contribution in [1.29, 1.82) is 5.26 Å². The number of nitrogens with one attached hydrogen (secondary N) is 1. The van der Waals surface area contributed by atoms with Gasteiger partial charge in [-0.2, -0.15) is 5.26 Å². The van der Waals surface area contributed by atoms with Crippen LogP contribution < -0.4 is 5.32 Å². The van der Waals surface area contributed by atoms with Crippen molar-refractivity contribution in [3.05, 3.63) is 35.4 Å². The van der Waals surface area contributed by atoms with Gasteiger partial charge in [-0.25, -0.2) is 0 Å². The first-order chi connectivity index (χ1) is 8.36. The molecule has 0 unspecified atom stereocenters. The summed E-state index contributed by atoms with van der Waals surface area (Å²) in [5.41, 5.74) is 1.86. The fourth-order valence-electron chi connectivity index (χ4n) is 1.82. The maximum absolute atomic E-state index is 11.5. The van der Waals surface area contributed by atoms with Crippen LogP contribution >= 0.6 is 0 Å². The second kappa shape index (κ2) is 5.68. The van der Waals surface area contributed by atoms with Gasteiger partial charge in [-0.15, -0.1) is 0 Å². The lowest BCUT2D eigenvalue weighted by molar-refractivity contribution is -0.121. The Morgan fingerprint density at radius 3 is 2.33 bits per heavy atom. The molecule has 0 saturated heterocycles. The second-order valence-electron chi connectivity index (χ2n) is 5.28. The molecule has 3 nitrogen and oxygen atoms in total. The van der Waals surface area contributed by atoms with Crippen molar-refractivity contribution in [2.24, 2.45) is 0 Å². The van der Waals surface area contributed by atoms with Crippen molar-refractivity contribution in [3.63, 3.8) is 0 Å². The molecule has 1 aromatic carbocycles. The summed E-state index contributed by atoms with van der Waals surface area (Å²) in [5.74, 6) is 0.255. The molecule has 0 aliphatic rings. The highest BCUT2D eigenvalue weighted by atomic mass is 16.1. The summed E-state index contributed by atoms with van der Waals surface area (Å²) >= 11 is 0. The summed E-state index contributed by atoms with van der Waals surface area (Å²) < 4.78 is 0. The van der Waals surface area contributed by atoms with Crippen LogP contribution in [-0.4, -0.2) is 5.91 Å². The molecule has 0 spiro atoms. The Morgan fingerprint density at radius 1 is 1.33 bits per heavy atom. The summed E-state index contributed by atoms with van der Waals surface area (Å²) in [7, 11) is 0. The van der Waals surface area contributed by atoms with Crippen molar-refractivity contribution in [1.82, 2.24) is 5.32 Å². The third kappa shape index (κ3) is 3.59. The van der Waals surface area contributed by atoms with Gasteiger partial charge in [0.05, 0.1) is 11.6 Å². The van der Waals surface area contributed by atoms with E-state index in [0.29, 0.717) is 5.92 Å². The van der Waals surface area contributed by atoms with E-state index in [1.165, 1.54) is 5.56 Å². The van der Waals surface area contributed by atoms with Gasteiger partial charge in [0.1, 0.15) is 6.42 Å². The van der Waals surface area contributed by atoms with E-state index < -0.39 is 5.54 Å². The van der Waals surface area contributed by atoms with Gasteiger partial charge < -0.3 is 5.32 Å². The molecule has 1 rings (SSSR count). The van der Waals surface area contributed by atoms with E-state index in [9.17, 15) is 4.79 Å². The molecule has 0 fully saturated rings. The van der Waals surface area contributed by atoms with Gasteiger partial charge in [-0.05, 0) is 30.9 Å². The number of hydrogen-bond donors (Lipinski definition) is 1. The van der Waals surface area contributed by atoms with Crippen molar-refractivity contribution in [3.8, 4) is 6.07 Å². The van der Waals surface area contributed by atoms with Crippen molar-refractivity contribution >= 4 is 5.91 Å². The lowest BCUT2D eigenvalue weighted by Gasteiger charge is -2.27. The molecule has 0 bridgehead atoms. The minimum Gasteiger partial charge on any atom is -0.346 e. The summed E-state index contributed by atoms with van der Waals surface area (Å²) in [5, 5.41) is 11.4. The molecule has 0 heterocycles. The summed E-state index contributed by atoms with van der Waals surface area (Å²) in [6.07, 6.45) is -0.104. The number of nitriles is 1. The highest BCUT2D eigenvalue weighted by Gasteiger charge is 2.22. The molecule has 0 radical (unpaired) electrons. The third-order valence-electron chi connectivity index (χ3n) is 2.99. The third-order valence-corrected chi connectivity index (χ3v) is 2.99. The van der Waals surface area contributed by atoms with Gasteiger partial charge in [-0.3, -0.25) is 4.79 Å². The predicted molar refractivity (Wildman–Crippen MR) is 71.9 cm³/mol. The van der Waals surface area contributed by atoms with Crippen LogP contribution in [0.3, 0.4) is 0 Å². The monoisotopic (exact) mass is 244 g/mol. The van der Waals surface area contributed by atoms with Gasteiger partial charge in [0, 0.05) is 0 Å². The lowest BCUT2D eigenvalue weighted by Crippen LogP contribution is -2.40.